The van der Waals surface area contributed by atoms with E-state index in [1.165, 1.54) is 7.11 Å². The number of methoxy groups -OCH3 is 2. The zero-order valence-electron chi connectivity index (χ0n) is 20.6. The second-order valence-electron chi connectivity index (χ2n) is 7.94. The van der Waals surface area contributed by atoms with Crippen LogP contribution in [0.4, 0.5) is 11.4 Å². The van der Waals surface area contributed by atoms with Crippen LogP contribution in [0.3, 0.4) is 0 Å². The fraction of sp³-hybridized carbons (Fsp3) is 0.143. The normalized spacial score (nSPS) is 11.3. The number of nitrogens with one attached hydrogen (secondary N) is 3. The van der Waals surface area contributed by atoms with E-state index in [1.54, 1.807) is 43.8 Å². The molecule has 0 saturated carbocycles. The van der Waals surface area contributed by atoms with Crippen molar-refractivity contribution in [3.63, 3.8) is 0 Å². The molecule has 3 aromatic carbocycles. The highest BCUT2D eigenvalue weighted by atomic mass is 32.2. The number of anilines is 2. The Bertz CT molecular complexity index is 1340. The van der Waals surface area contributed by atoms with Gasteiger partial charge in [0.25, 0.3) is 5.91 Å². The molecule has 9 heteroatoms. The fourth-order valence-electron chi connectivity index (χ4n) is 3.70. The number of hydrogen-bond donors (Lipinski definition) is 3. The molecule has 0 radical (unpaired) electrons. The quantitative estimate of drug-likeness (QED) is 0.195. The maximum atomic E-state index is 13.2. The minimum Gasteiger partial charge on any atom is -0.588 e. The van der Waals surface area contributed by atoms with Gasteiger partial charge in [-0.05, 0) is 48.0 Å². The molecule has 1 amide bonds. The Kier molecular flexibility index (Phi) is 8.85. The lowest BCUT2D eigenvalue weighted by molar-refractivity contribution is 0.0952. The topological polar surface area (TPSA) is 108 Å². The fourth-order valence-corrected chi connectivity index (χ4v) is 4.72. The van der Waals surface area contributed by atoms with E-state index in [1.807, 2.05) is 54.6 Å². The van der Waals surface area contributed by atoms with Crippen molar-refractivity contribution in [1.82, 2.24) is 10.3 Å². The van der Waals surface area contributed by atoms with E-state index in [4.69, 9.17) is 9.47 Å². The van der Waals surface area contributed by atoms with E-state index in [9.17, 15) is 9.35 Å². The Morgan fingerprint density at radius 1 is 0.865 bits per heavy atom. The van der Waals surface area contributed by atoms with E-state index in [-0.39, 0.29) is 5.91 Å². The molecule has 1 atom stereocenters. The third-order valence-electron chi connectivity index (χ3n) is 5.52. The van der Waals surface area contributed by atoms with Gasteiger partial charge in [-0.2, -0.15) is 0 Å². The summed E-state index contributed by atoms with van der Waals surface area (Å²) in [6.45, 7) is 0.924. The number of nitrogens with zero attached hydrogens (tertiary/aromatic N) is 1. The first-order valence-corrected chi connectivity index (χ1v) is 12.8. The van der Waals surface area contributed by atoms with Crippen LogP contribution in [-0.4, -0.2) is 42.8 Å². The number of para-hydroxylation sites is 1. The maximum Gasteiger partial charge on any atom is 0.255 e. The first kappa shape index (κ1) is 25.9. The van der Waals surface area contributed by atoms with Crippen molar-refractivity contribution in [2.24, 2.45) is 0 Å². The lowest BCUT2D eigenvalue weighted by atomic mass is 10.1. The molecule has 1 aromatic heterocycles. The Hall–Kier alpha value is -4.21. The predicted molar refractivity (Wildman–Crippen MR) is 147 cm³/mol. The van der Waals surface area contributed by atoms with Crippen LogP contribution in [0.15, 0.2) is 96.2 Å². The smallest absolute Gasteiger partial charge is 0.255 e. The number of carbonyl (C=O) groups is 1. The average Bonchev–Trinajstić information content (AvgIpc) is 2.95. The third-order valence-corrected chi connectivity index (χ3v) is 6.66. The molecule has 0 bridgehead atoms. The second kappa shape index (κ2) is 12.7. The minimum absolute atomic E-state index is 0.201. The van der Waals surface area contributed by atoms with Gasteiger partial charge in [0.1, 0.15) is 17.1 Å². The van der Waals surface area contributed by atoms with Crippen LogP contribution in [0.25, 0.3) is 11.1 Å². The van der Waals surface area contributed by atoms with Gasteiger partial charge in [-0.15, -0.1) is 0 Å². The van der Waals surface area contributed by atoms with Gasteiger partial charge in [0.2, 0.25) is 4.90 Å². The average molecular weight is 517 g/mol. The standard InChI is InChI=1S/C28H28N4O4S/c1-35-25-11-4-3-10-24(25)28(33)31-16-15-30-22-8-5-9-23(18-22)32-37(34)27-17-20(12-13-26(27)36-2)21-7-6-14-29-19-21/h3-14,17-19,30,32H,15-16H2,1-2H3,(H,31,33). The summed E-state index contributed by atoms with van der Waals surface area (Å²) in [6.07, 6.45) is 3.47. The molecule has 3 N–H and O–H groups in total. The second-order valence-corrected chi connectivity index (χ2v) is 9.12. The lowest BCUT2D eigenvalue weighted by Crippen LogP contribution is -2.29. The summed E-state index contributed by atoms with van der Waals surface area (Å²) in [7, 11) is 3.09. The van der Waals surface area contributed by atoms with Crippen molar-refractivity contribution >= 4 is 28.6 Å². The van der Waals surface area contributed by atoms with Gasteiger partial charge in [0.15, 0.2) is 5.75 Å². The van der Waals surface area contributed by atoms with Crippen molar-refractivity contribution in [2.75, 3.05) is 37.3 Å². The molecular formula is C28H28N4O4S. The number of amides is 1. The predicted octanol–water partition coefficient (Wildman–Crippen LogP) is 4.74. The summed E-state index contributed by atoms with van der Waals surface area (Å²) in [6, 6.07) is 23.9. The monoisotopic (exact) mass is 516 g/mol. The van der Waals surface area contributed by atoms with Crippen LogP contribution in [-0.2, 0) is 11.4 Å². The summed E-state index contributed by atoms with van der Waals surface area (Å²) in [5.41, 5.74) is 3.80. The van der Waals surface area contributed by atoms with Crippen LogP contribution in [0.2, 0.25) is 0 Å². The molecule has 37 heavy (non-hydrogen) atoms. The molecule has 4 rings (SSSR count). The highest BCUT2D eigenvalue weighted by molar-refractivity contribution is 7.92. The summed E-state index contributed by atoms with van der Waals surface area (Å²) in [4.78, 5) is 17.1. The van der Waals surface area contributed by atoms with Gasteiger partial charge in [0.05, 0.1) is 25.5 Å². The number of aromatic nitrogens is 1. The molecule has 1 heterocycles. The van der Waals surface area contributed by atoms with E-state index in [0.29, 0.717) is 40.7 Å². The molecule has 0 fully saturated rings. The summed E-state index contributed by atoms with van der Waals surface area (Å²) < 4.78 is 27.0. The molecule has 0 spiro atoms. The summed E-state index contributed by atoms with van der Waals surface area (Å²) in [5.74, 6) is 0.855. The summed E-state index contributed by atoms with van der Waals surface area (Å²) >= 11 is -1.57. The van der Waals surface area contributed by atoms with E-state index in [0.717, 1.165) is 16.8 Å². The molecule has 0 saturated heterocycles. The number of ether oxygens (including phenoxy) is 2. The van der Waals surface area contributed by atoms with Crippen LogP contribution in [0, 0.1) is 0 Å². The molecule has 0 aliphatic rings. The summed E-state index contributed by atoms with van der Waals surface area (Å²) in [5, 5.41) is 6.15. The van der Waals surface area contributed by atoms with E-state index < -0.39 is 11.4 Å². The Balaban J connectivity index is 1.36. The van der Waals surface area contributed by atoms with Crippen LogP contribution in [0.1, 0.15) is 10.4 Å². The molecule has 1 unspecified atom stereocenters. The Morgan fingerprint density at radius 2 is 1.68 bits per heavy atom. The number of rotatable bonds is 11. The molecule has 0 aliphatic carbocycles. The molecule has 4 aromatic rings. The molecule has 190 valence electrons. The van der Waals surface area contributed by atoms with Gasteiger partial charge in [-0.25, -0.2) is 4.72 Å². The van der Waals surface area contributed by atoms with Crippen molar-refractivity contribution < 1.29 is 18.8 Å². The lowest BCUT2D eigenvalue weighted by Gasteiger charge is -2.16. The zero-order valence-corrected chi connectivity index (χ0v) is 21.4. The van der Waals surface area contributed by atoms with Gasteiger partial charge < -0.3 is 24.7 Å². The van der Waals surface area contributed by atoms with Crippen LogP contribution < -0.4 is 24.8 Å². The van der Waals surface area contributed by atoms with E-state index in [2.05, 4.69) is 20.3 Å². The van der Waals surface area contributed by atoms with Crippen LogP contribution >= 0.6 is 0 Å². The number of hydrogen-bond acceptors (Lipinski definition) is 7. The zero-order chi connectivity index (χ0) is 26.0. The minimum atomic E-state index is -1.57. The Labute approximate surface area is 219 Å². The van der Waals surface area contributed by atoms with Gasteiger partial charge >= 0.3 is 0 Å². The first-order chi connectivity index (χ1) is 18.1. The Morgan fingerprint density at radius 3 is 2.46 bits per heavy atom. The highest BCUT2D eigenvalue weighted by Gasteiger charge is 2.20. The van der Waals surface area contributed by atoms with Crippen molar-refractivity contribution in [1.29, 1.82) is 0 Å². The molecule has 0 aliphatic heterocycles. The first-order valence-electron chi connectivity index (χ1n) is 11.6. The number of benzene rings is 3. The van der Waals surface area contributed by atoms with Crippen LogP contribution in [0.5, 0.6) is 11.5 Å². The number of carbonyl (C=O) groups excluding carboxylic acids is 1. The maximum absolute atomic E-state index is 13.2. The van der Waals surface area contributed by atoms with E-state index >= 15 is 0 Å². The van der Waals surface area contributed by atoms with Crippen molar-refractivity contribution in [3.8, 4) is 22.6 Å². The highest BCUT2D eigenvalue weighted by Crippen LogP contribution is 2.31. The van der Waals surface area contributed by atoms with Gasteiger partial charge in [0, 0.05) is 42.8 Å². The van der Waals surface area contributed by atoms with Gasteiger partial charge in [-0.3, -0.25) is 9.78 Å². The van der Waals surface area contributed by atoms with Crippen molar-refractivity contribution in [2.45, 2.75) is 4.90 Å². The third kappa shape index (κ3) is 6.72. The SMILES string of the molecule is COc1ccccc1C(=O)NCCNc1cccc(N[S+]([O-])c2cc(-c3cccnc3)ccc2OC)c1. The largest absolute Gasteiger partial charge is 0.588 e. The van der Waals surface area contributed by atoms with Crippen molar-refractivity contribution in [3.05, 3.63) is 96.8 Å². The van der Waals surface area contributed by atoms with Gasteiger partial charge in [-0.1, -0.05) is 30.3 Å². The number of pyridine rings is 1. The molecular weight excluding hydrogens is 488 g/mol. The molecule has 8 nitrogen and oxygen atoms in total.